The molecule has 0 saturated heterocycles. The predicted octanol–water partition coefficient (Wildman–Crippen LogP) is 3.76. The monoisotopic (exact) mass is 329 g/mol. The normalized spacial score (nSPS) is 14.1. The van der Waals surface area contributed by atoms with E-state index in [2.05, 4.69) is 26.1 Å². The highest BCUT2D eigenvalue weighted by atomic mass is 19.1. The van der Waals surface area contributed by atoms with Crippen LogP contribution in [-0.4, -0.2) is 17.6 Å². The standard InChI is InChI=1S/C20H24FNO2/c1-19(2,3)15-7-5-14(6-8-15)18(23)22-13-20(4,24)16-9-11-17(21)12-10-16/h5-12,24H,13H2,1-4H3,(H,22,23). The van der Waals surface area contributed by atoms with E-state index in [-0.39, 0.29) is 23.7 Å². The lowest BCUT2D eigenvalue weighted by Gasteiger charge is -2.24. The van der Waals surface area contributed by atoms with Crippen LogP contribution in [0.15, 0.2) is 48.5 Å². The van der Waals surface area contributed by atoms with Gasteiger partial charge in [-0.1, -0.05) is 45.0 Å². The SMILES string of the molecule is CC(C)(C)c1ccc(C(=O)NCC(C)(O)c2ccc(F)cc2)cc1. The Kier molecular flexibility index (Phi) is 5.09. The molecule has 0 aliphatic carbocycles. The van der Waals surface area contributed by atoms with Gasteiger partial charge in [0, 0.05) is 5.56 Å². The summed E-state index contributed by atoms with van der Waals surface area (Å²) in [4.78, 5) is 12.3. The molecule has 4 heteroatoms. The first-order valence-electron chi connectivity index (χ1n) is 7.97. The van der Waals surface area contributed by atoms with Gasteiger partial charge in [0.05, 0.1) is 6.54 Å². The van der Waals surface area contributed by atoms with Gasteiger partial charge in [-0.3, -0.25) is 4.79 Å². The van der Waals surface area contributed by atoms with Crippen LogP contribution in [0.5, 0.6) is 0 Å². The van der Waals surface area contributed by atoms with Crippen LogP contribution in [0.2, 0.25) is 0 Å². The third-order valence-electron chi connectivity index (χ3n) is 4.07. The summed E-state index contributed by atoms with van der Waals surface area (Å²) < 4.78 is 13.0. The Morgan fingerprint density at radius 3 is 1.96 bits per heavy atom. The molecule has 1 unspecified atom stereocenters. The van der Waals surface area contributed by atoms with E-state index >= 15 is 0 Å². The highest BCUT2D eigenvalue weighted by molar-refractivity contribution is 5.94. The van der Waals surface area contributed by atoms with Crippen LogP contribution in [0.4, 0.5) is 4.39 Å². The summed E-state index contributed by atoms with van der Waals surface area (Å²) in [7, 11) is 0. The zero-order chi connectivity index (χ0) is 18.0. The quantitative estimate of drug-likeness (QED) is 0.897. The van der Waals surface area contributed by atoms with Crippen molar-refractivity contribution in [1.82, 2.24) is 5.32 Å². The van der Waals surface area contributed by atoms with E-state index in [0.29, 0.717) is 11.1 Å². The fourth-order valence-electron chi connectivity index (χ4n) is 2.39. The van der Waals surface area contributed by atoms with E-state index in [1.807, 2.05) is 12.1 Å². The van der Waals surface area contributed by atoms with Crippen molar-refractivity contribution in [2.75, 3.05) is 6.54 Å². The zero-order valence-electron chi connectivity index (χ0n) is 14.6. The van der Waals surface area contributed by atoms with Crippen LogP contribution >= 0.6 is 0 Å². The van der Waals surface area contributed by atoms with Gasteiger partial charge in [-0.2, -0.15) is 0 Å². The van der Waals surface area contributed by atoms with E-state index in [0.717, 1.165) is 5.56 Å². The maximum absolute atomic E-state index is 13.0. The number of hydrogen-bond acceptors (Lipinski definition) is 2. The number of hydrogen-bond donors (Lipinski definition) is 2. The lowest BCUT2D eigenvalue weighted by molar-refractivity contribution is 0.0526. The summed E-state index contributed by atoms with van der Waals surface area (Å²) in [6.45, 7) is 7.97. The van der Waals surface area contributed by atoms with Gasteiger partial charge in [0.25, 0.3) is 5.91 Å². The Morgan fingerprint density at radius 2 is 1.46 bits per heavy atom. The second-order valence-electron chi connectivity index (χ2n) is 7.29. The van der Waals surface area contributed by atoms with E-state index in [1.165, 1.54) is 24.3 Å². The molecule has 0 spiro atoms. The molecule has 0 bridgehead atoms. The van der Waals surface area contributed by atoms with E-state index in [9.17, 15) is 14.3 Å². The van der Waals surface area contributed by atoms with Crippen LogP contribution in [0.25, 0.3) is 0 Å². The van der Waals surface area contributed by atoms with Crippen molar-refractivity contribution in [3.8, 4) is 0 Å². The highest BCUT2D eigenvalue weighted by Gasteiger charge is 2.24. The first kappa shape index (κ1) is 18.1. The van der Waals surface area contributed by atoms with Gasteiger partial charge in [0.15, 0.2) is 0 Å². The van der Waals surface area contributed by atoms with Crippen molar-refractivity contribution in [1.29, 1.82) is 0 Å². The summed E-state index contributed by atoms with van der Waals surface area (Å²) >= 11 is 0. The summed E-state index contributed by atoms with van der Waals surface area (Å²) in [6.07, 6.45) is 0. The van der Waals surface area contributed by atoms with Gasteiger partial charge in [0.2, 0.25) is 0 Å². The molecular formula is C20H24FNO2. The molecule has 24 heavy (non-hydrogen) atoms. The Labute approximate surface area is 142 Å². The second kappa shape index (κ2) is 6.73. The summed E-state index contributed by atoms with van der Waals surface area (Å²) in [6, 6.07) is 13.0. The summed E-state index contributed by atoms with van der Waals surface area (Å²) in [5, 5.41) is 13.2. The predicted molar refractivity (Wildman–Crippen MR) is 93.4 cm³/mol. The molecule has 0 heterocycles. The largest absolute Gasteiger partial charge is 0.384 e. The topological polar surface area (TPSA) is 49.3 Å². The van der Waals surface area contributed by atoms with Gasteiger partial charge >= 0.3 is 0 Å². The van der Waals surface area contributed by atoms with Crippen LogP contribution in [-0.2, 0) is 11.0 Å². The third-order valence-corrected chi connectivity index (χ3v) is 4.07. The minimum Gasteiger partial charge on any atom is -0.384 e. The molecule has 1 atom stereocenters. The van der Waals surface area contributed by atoms with E-state index in [4.69, 9.17) is 0 Å². The van der Waals surface area contributed by atoms with Crippen LogP contribution < -0.4 is 5.32 Å². The molecule has 0 aliphatic rings. The lowest BCUT2D eigenvalue weighted by atomic mass is 9.86. The molecule has 1 amide bonds. The van der Waals surface area contributed by atoms with Crippen molar-refractivity contribution in [2.45, 2.75) is 38.7 Å². The van der Waals surface area contributed by atoms with Gasteiger partial charge in [-0.15, -0.1) is 0 Å². The molecule has 0 radical (unpaired) electrons. The molecule has 2 aromatic rings. The number of amides is 1. The third kappa shape index (κ3) is 4.42. The number of nitrogens with one attached hydrogen (secondary N) is 1. The Bertz CT molecular complexity index is 698. The maximum Gasteiger partial charge on any atom is 0.251 e. The molecule has 0 saturated carbocycles. The number of rotatable bonds is 4. The Balaban J connectivity index is 2.03. The number of halogens is 1. The average Bonchev–Trinajstić information content (AvgIpc) is 2.52. The molecular weight excluding hydrogens is 305 g/mol. The first-order valence-corrected chi connectivity index (χ1v) is 7.97. The molecule has 128 valence electrons. The van der Waals surface area contributed by atoms with Crippen LogP contribution in [0.3, 0.4) is 0 Å². The van der Waals surface area contributed by atoms with Crippen LogP contribution in [0, 0.1) is 5.82 Å². The lowest BCUT2D eigenvalue weighted by Crippen LogP contribution is -2.38. The number of benzene rings is 2. The van der Waals surface area contributed by atoms with E-state index < -0.39 is 5.60 Å². The molecule has 0 aliphatic heterocycles. The molecule has 2 aromatic carbocycles. The zero-order valence-corrected chi connectivity index (χ0v) is 14.6. The highest BCUT2D eigenvalue weighted by Crippen LogP contribution is 2.23. The van der Waals surface area contributed by atoms with Gasteiger partial charge in [0.1, 0.15) is 11.4 Å². The second-order valence-corrected chi connectivity index (χ2v) is 7.29. The molecule has 2 N–H and O–H groups in total. The van der Waals surface area contributed by atoms with Crippen molar-refractivity contribution >= 4 is 5.91 Å². The minimum atomic E-state index is -1.27. The molecule has 0 fully saturated rings. The van der Waals surface area contributed by atoms with Crippen molar-refractivity contribution in [2.24, 2.45) is 0 Å². The van der Waals surface area contributed by atoms with E-state index in [1.54, 1.807) is 19.1 Å². The Hall–Kier alpha value is -2.20. The maximum atomic E-state index is 13.0. The average molecular weight is 329 g/mol. The Morgan fingerprint density at radius 1 is 0.958 bits per heavy atom. The molecule has 0 aromatic heterocycles. The smallest absolute Gasteiger partial charge is 0.251 e. The minimum absolute atomic E-state index is 0.0290. The molecule has 2 rings (SSSR count). The van der Waals surface area contributed by atoms with Crippen molar-refractivity contribution in [3.05, 3.63) is 71.0 Å². The number of carbonyl (C=O) groups is 1. The number of aliphatic hydroxyl groups is 1. The first-order chi connectivity index (χ1) is 11.1. The van der Waals surface area contributed by atoms with Crippen molar-refractivity contribution in [3.63, 3.8) is 0 Å². The van der Waals surface area contributed by atoms with Crippen molar-refractivity contribution < 1.29 is 14.3 Å². The fraction of sp³-hybridized carbons (Fsp3) is 0.350. The van der Waals surface area contributed by atoms with Gasteiger partial charge in [-0.05, 0) is 47.7 Å². The van der Waals surface area contributed by atoms with Crippen LogP contribution in [0.1, 0.15) is 49.2 Å². The fourth-order valence-corrected chi connectivity index (χ4v) is 2.39. The van der Waals surface area contributed by atoms with Gasteiger partial charge in [-0.25, -0.2) is 4.39 Å². The summed E-state index contributed by atoms with van der Waals surface area (Å²) in [5.74, 6) is -0.615. The number of carbonyl (C=O) groups excluding carboxylic acids is 1. The molecule has 3 nitrogen and oxygen atoms in total. The summed E-state index contributed by atoms with van der Waals surface area (Å²) in [5.41, 5.74) is 0.998. The van der Waals surface area contributed by atoms with Gasteiger partial charge < -0.3 is 10.4 Å².